The van der Waals surface area contributed by atoms with Gasteiger partial charge in [0.15, 0.2) is 0 Å². The van der Waals surface area contributed by atoms with E-state index in [0.29, 0.717) is 22.6 Å². The van der Waals surface area contributed by atoms with Gasteiger partial charge in [-0.3, -0.25) is 4.90 Å². The molecule has 0 saturated heterocycles. The van der Waals surface area contributed by atoms with Crippen LogP contribution in [0.2, 0.25) is 0 Å². The van der Waals surface area contributed by atoms with E-state index in [0.717, 1.165) is 47.8 Å². The van der Waals surface area contributed by atoms with Gasteiger partial charge in [0.2, 0.25) is 11.9 Å². The summed E-state index contributed by atoms with van der Waals surface area (Å²) < 4.78 is 0.798. The van der Waals surface area contributed by atoms with Crippen LogP contribution in [0.4, 0.5) is 5.69 Å². The fourth-order valence-corrected chi connectivity index (χ4v) is 5.18. The van der Waals surface area contributed by atoms with Crippen LogP contribution >= 0.6 is 15.9 Å². The van der Waals surface area contributed by atoms with Crippen molar-refractivity contribution in [2.24, 2.45) is 21.5 Å². The van der Waals surface area contributed by atoms with Crippen LogP contribution in [-0.4, -0.2) is 33.6 Å². The van der Waals surface area contributed by atoms with Crippen molar-refractivity contribution in [3.05, 3.63) is 58.6 Å². The van der Waals surface area contributed by atoms with Gasteiger partial charge in [0.25, 0.3) is 0 Å². The fourth-order valence-electron chi connectivity index (χ4n) is 4.82. The predicted molar refractivity (Wildman–Crippen MR) is 133 cm³/mol. The molecule has 0 bridgehead atoms. The number of aromatic nitrogens is 1. The van der Waals surface area contributed by atoms with Gasteiger partial charge in [-0.2, -0.15) is 4.99 Å². The second kappa shape index (κ2) is 8.15. The lowest BCUT2D eigenvalue weighted by Gasteiger charge is -2.45. The number of nitrogens with two attached hydrogens (primary N) is 2. The maximum atomic E-state index is 12.0. The van der Waals surface area contributed by atoms with Crippen LogP contribution in [0.25, 0.3) is 22.2 Å². The molecule has 168 valence electrons. The highest BCUT2D eigenvalue weighted by atomic mass is 79.9. The van der Waals surface area contributed by atoms with Gasteiger partial charge >= 0.3 is 5.97 Å². The molecule has 9 heteroatoms. The number of carbonyl (C=O) groups is 1. The lowest BCUT2D eigenvalue weighted by Crippen LogP contribution is -2.58. The van der Waals surface area contributed by atoms with Crippen molar-refractivity contribution >= 4 is 50.4 Å². The Morgan fingerprint density at radius 3 is 2.61 bits per heavy atom. The molecule has 1 spiro atoms. The second-order valence-corrected chi connectivity index (χ2v) is 9.31. The quantitative estimate of drug-likeness (QED) is 0.480. The van der Waals surface area contributed by atoms with E-state index in [-0.39, 0.29) is 11.5 Å². The standard InChI is InChI=1S/C24H23BrN6O2/c25-15-7-8-19-17(12-15)18(21(32)33)13-20(28-19)14-5-4-6-16(11-14)31-23(27)29-22(26)30-24(31)9-2-1-3-10-24/h4-8,11-13H,1-3,9-10H2,(H,32,33)(H4,26,27,29,30). The second-order valence-electron chi connectivity index (χ2n) is 8.39. The Bertz CT molecular complexity index is 1330. The number of fused-ring (bicyclic) bond motifs is 1. The Hall–Kier alpha value is -3.46. The number of benzene rings is 2. The molecular formula is C24H23BrN6O2. The average Bonchev–Trinajstić information content (AvgIpc) is 2.78. The van der Waals surface area contributed by atoms with Crippen LogP contribution in [0.3, 0.4) is 0 Å². The summed E-state index contributed by atoms with van der Waals surface area (Å²) in [4.78, 5) is 27.6. The highest BCUT2D eigenvalue weighted by Gasteiger charge is 2.42. The Kier molecular flexibility index (Phi) is 5.28. The van der Waals surface area contributed by atoms with E-state index >= 15 is 0 Å². The summed E-state index contributed by atoms with van der Waals surface area (Å²) in [5, 5.41) is 10.4. The minimum absolute atomic E-state index is 0.196. The van der Waals surface area contributed by atoms with Crippen LogP contribution in [0.5, 0.6) is 0 Å². The predicted octanol–water partition coefficient (Wildman–Crippen LogP) is 4.47. The molecule has 1 fully saturated rings. The number of guanidine groups is 2. The zero-order chi connectivity index (χ0) is 23.2. The van der Waals surface area contributed by atoms with Crippen molar-refractivity contribution in [3.63, 3.8) is 0 Å². The zero-order valence-electron chi connectivity index (χ0n) is 17.8. The summed E-state index contributed by atoms with van der Waals surface area (Å²) in [6.07, 6.45) is 4.88. The molecule has 33 heavy (non-hydrogen) atoms. The molecule has 5 N–H and O–H groups in total. The Morgan fingerprint density at radius 1 is 1.06 bits per heavy atom. The van der Waals surface area contributed by atoms with Crippen molar-refractivity contribution in [3.8, 4) is 11.3 Å². The van der Waals surface area contributed by atoms with Crippen molar-refractivity contribution in [2.75, 3.05) is 4.90 Å². The van der Waals surface area contributed by atoms with Crippen LogP contribution < -0.4 is 16.4 Å². The first-order chi connectivity index (χ1) is 15.9. The molecule has 1 aromatic heterocycles. The maximum absolute atomic E-state index is 12.0. The highest BCUT2D eigenvalue weighted by molar-refractivity contribution is 9.10. The minimum Gasteiger partial charge on any atom is -0.478 e. The third kappa shape index (κ3) is 3.82. The van der Waals surface area contributed by atoms with E-state index in [4.69, 9.17) is 21.4 Å². The van der Waals surface area contributed by atoms with E-state index < -0.39 is 11.6 Å². The van der Waals surface area contributed by atoms with Gasteiger partial charge in [0.1, 0.15) is 5.66 Å². The Balaban J connectivity index is 1.63. The van der Waals surface area contributed by atoms with Crippen molar-refractivity contribution in [1.82, 2.24) is 4.98 Å². The number of halogens is 1. The van der Waals surface area contributed by atoms with E-state index in [2.05, 4.69) is 20.9 Å². The number of aromatic carboxylic acids is 1. The maximum Gasteiger partial charge on any atom is 0.336 e. The smallest absolute Gasteiger partial charge is 0.336 e. The molecule has 2 heterocycles. The molecule has 0 atom stereocenters. The summed E-state index contributed by atoms with van der Waals surface area (Å²) in [5.74, 6) is -0.490. The summed E-state index contributed by atoms with van der Waals surface area (Å²) in [6, 6.07) is 14.8. The van der Waals surface area contributed by atoms with Gasteiger partial charge in [-0.1, -0.05) is 34.5 Å². The summed E-state index contributed by atoms with van der Waals surface area (Å²) in [7, 11) is 0. The number of pyridine rings is 1. The molecule has 1 aliphatic carbocycles. The van der Waals surface area contributed by atoms with Crippen LogP contribution in [0.15, 0.2) is 63.0 Å². The van der Waals surface area contributed by atoms with Crippen LogP contribution in [0.1, 0.15) is 42.5 Å². The zero-order valence-corrected chi connectivity index (χ0v) is 19.4. The first kappa shape index (κ1) is 21.4. The van der Waals surface area contributed by atoms with Gasteiger partial charge in [-0.25, -0.2) is 14.8 Å². The fraction of sp³-hybridized carbons (Fsp3) is 0.250. The van der Waals surface area contributed by atoms with E-state index in [9.17, 15) is 9.90 Å². The van der Waals surface area contributed by atoms with Crippen molar-refractivity contribution in [2.45, 2.75) is 37.8 Å². The first-order valence-corrected chi connectivity index (χ1v) is 11.6. The monoisotopic (exact) mass is 506 g/mol. The van der Waals surface area contributed by atoms with Gasteiger partial charge < -0.3 is 16.6 Å². The molecule has 2 aromatic carbocycles. The van der Waals surface area contributed by atoms with E-state index in [1.807, 2.05) is 41.3 Å². The number of rotatable bonds is 3. The first-order valence-electron chi connectivity index (χ1n) is 10.8. The van der Waals surface area contributed by atoms with E-state index in [1.165, 1.54) is 0 Å². The summed E-state index contributed by atoms with van der Waals surface area (Å²) in [6.45, 7) is 0. The molecule has 3 aromatic rings. The minimum atomic E-state index is -1.00. The number of carboxylic acids is 1. The highest BCUT2D eigenvalue weighted by Crippen LogP contribution is 2.40. The molecule has 0 radical (unpaired) electrons. The van der Waals surface area contributed by atoms with Crippen molar-refractivity contribution in [1.29, 1.82) is 0 Å². The SMILES string of the molecule is NC1=NC2(CCCCC2)N(c2cccc(-c3cc(C(=O)O)c4cc(Br)ccc4n3)c2)C(N)=N1. The van der Waals surface area contributed by atoms with E-state index in [1.54, 1.807) is 12.1 Å². The summed E-state index contributed by atoms with van der Waals surface area (Å²) >= 11 is 3.41. The summed E-state index contributed by atoms with van der Waals surface area (Å²) in [5.41, 5.74) is 14.8. The molecular weight excluding hydrogens is 484 g/mol. The lowest BCUT2D eigenvalue weighted by molar-refractivity contribution is 0.0699. The molecule has 0 unspecified atom stereocenters. The normalized spacial score (nSPS) is 17.7. The Morgan fingerprint density at radius 2 is 1.85 bits per heavy atom. The lowest BCUT2D eigenvalue weighted by atomic mass is 9.87. The molecule has 2 aliphatic rings. The number of carboxylic acid groups (broad SMARTS) is 1. The van der Waals surface area contributed by atoms with Gasteiger partial charge in [0, 0.05) is 21.1 Å². The third-order valence-corrected chi connectivity index (χ3v) is 6.75. The molecule has 8 nitrogen and oxygen atoms in total. The number of hydrogen-bond donors (Lipinski definition) is 3. The Labute approximate surface area is 199 Å². The average molecular weight is 507 g/mol. The topological polar surface area (TPSA) is 130 Å². The van der Waals surface area contributed by atoms with Crippen molar-refractivity contribution < 1.29 is 9.90 Å². The number of aliphatic imine (C=N–C) groups is 2. The van der Waals surface area contributed by atoms with Gasteiger partial charge in [-0.05, 0) is 62.1 Å². The molecule has 1 aliphatic heterocycles. The van der Waals surface area contributed by atoms with Crippen LogP contribution in [0, 0.1) is 0 Å². The molecule has 5 rings (SSSR count). The number of nitrogens with zero attached hydrogens (tertiary/aromatic N) is 4. The molecule has 0 amide bonds. The number of hydrogen-bond acceptors (Lipinski definition) is 7. The van der Waals surface area contributed by atoms with Gasteiger partial charge in [-0.15, -0.1) is 0 Å². The van der Waals surface area contributed by atoms with Gasteiger partial charge in [0.05, 0.1) is 16.8 Å². The largest absolute Gasteiger partial charge is 0.478 e. The molecule has 1 saturated carbocycles. The number of anilines is 1. The third-order valence-electron chi connectivity index (χ3n) is 6.25. The van der Waals surface area contributed by atoms with Crippen LogP contribution in [-0.2, 0) is 0 Å².